The molecule has 0 spiro atoms. The van der Waals surface area contributed by atoms with Crippen LogP contribution in [0.5, 0.6) is 0 Å². The summed E-state index contributed by atoms with van der Waals surface area (Å²) in [6, 6.07) is 0.351. The molecule has 1 atom stereocenters. The zero-order valence-corrected chi connectivity index (χ0v) is 9.18. The van der Waals surface area contributed by atoms with Gasteiger partial charge in [0, 0.05) is 6.04 Å². The first kappa shape index (κ1) is 9.89. The van der Waals surface area contributed by atoms with Crippen molar-refractivity contribution in [1.82, 2.24) is 19.5 Å². The van der Waals surface area contributed by atoms with Gasteiger partial charge in [-0.05, 0) is 12.8 Å². The van der Waals surface area contributed by atoms with Crippen molar-refractivity contribution in [2.45, 2.75) is 26.8 Å². The van der Waals surface area contributed by atoms with Crippen LogP contribution in [0.4, 0.5) is 5.82 Å². The molecular weight excluding hydrogens is 190 g/mol. The van der Waals surface area contributed by atoms with E-state index in [9.17, 15) is 0 Å². The van der Waals surface area contributed by atoms with E-state index in [1.54, 1.807) is 6.33 Å². The van der Waals surface area contributed by atoms with E-state index in [1.165, 1.54) is 6.33 Å². The molecule has 0 aliphatic rings. The Balaban J connectivity index is 2.59. The molecule has 0 saturated heterocycles. The maximum Gasteiger partial charge on any atom is 0.165 e. The van der Waals surface area contributed by atoms with Gasteiger partial charge >= 0.3 is 0 Å². The van der Waals surface area contributed by atoms with Crippen molar-refractivity contribution in [2.75, 3.05) is 5.73 Å². The standard InChI is InChI=1S/C10H15N5/c1-6(2)7(3)15-5-14-8-9(11)12-4-13-10(8)15/h4-7H,1-3H3,(H2,11,12,13)/t7-/m0/s1. The maximum atomic E-state index is 5.72. The lowest BCUT2D eigenvalue weighted by atomic mass is 10.1. The normalized spacial score (nSPS) is 13.6. The number of aromatic nitrogens is 4. The lowest BCUT2D eigenvalue weighted by Crippen LogP contribution is -2.11. The van der Waals surface area contributed by atoms with E-state index < -0.39 is 0 Å². The molecule has 2 N–H and O–H groups in total. The quantitative estimate of drug-likeness (QED) is 0.808. The Kier molecular flexibility index (Phi) is 2.30. The van der Waals surface area contributed by atoms with Gasteiger partial charge in [-0.15, -0.1) is 0 Å². The molecule has 80 valence electrons. The van der Waals surface area contributed by atoms with Gasteiger partial charge in [0.15, 0.2) is 11.5 Å². The number of fused-ring (bicyclic) bond motifs is 1. The summed E-state index contributed by atoms with van der Waals surface area (Å²) < 4.78 is 2.04. The second kappa shape index (κ2) is 3.49. The van der Waals surface area contributed by atoms with Crippen LogP contribution in [0.15, 0.2) is 12.7 Å². The number of hydrogen-bond donors (Lipinski definition) is 1. The monoisotopic (exact) mass is 205 g/mol. The Morgan fingerprint density at radius 1 is 1.20 bits per heavy atom. The van der Waals surface area contributed by atoms with Gasteiger partial charge in [0.2, 0.25) is 0 Å². The lowest BCUT2D eigenvalue weighted by molar-refractivity contribution is 0.415. The molecular formula is C10H15N5. The predicted molar refractivity (Wildman–Crippen MR) is 59.3 cm³/mol. The summed E-state index contributed by atoms with van der Waals surface area (Å²) in [5.41, 5.74) is 7.21. The van der Waals surface area contributed by atoms with Crippen molar-refractivity contribution in [2.24, 2.45) is 5.92 Å². The molecule has 0 aliphatic carbocycles. The molecule has 5 nitrogen and oxygen atoms in total. The van der Waals surface area contributed by atoms with Gasteiger partial charge in [-0.3, -0.25) is 0 Å². The number of rotatable bonds is 2. The van der Waals surface area contributed by atoms with Crippen LogP contribution in [0, 0.1) is 5.92 Å². The van der Waals surface area contributed by atoms with Crippen LogP contribution in [-0.2, 0) is 0 Å². The third-order valence-corrected chi connectivity index (χ3v) is 2.79. The average molecular weight is 205 g/mol. The summed E-state index contributed by atoms with van der Waals surface area (Å²) in [6.07, 6.45) is 3.25. The number of nitrogens with two attached hydrogens (primary N) is 1. The maximum absolute atomic E-state index is 5.72. The SMILES string of the molecule is CC(C)[C@H](C)n1cnc2c(N)ncnc21. The van der Waals surface area contributed by atoms with Gasteiger partial charge < -0.3 is 10.3 Å². The minimum absolute atomic E-state index is 0.351. The number of nitrogens with zero attached hydrogens (tertiary/aromatic N) is 4. The number of nitrogen functional groups attached to an aromatic ring is 1. The van der Waals surface area contributed by atoms with Crippen LogP contribution in [0.2, 0.25) is 0 Å². The highest BCUT2D eigenvalue weighted by Crippen LogP contribution is 2.22. The second-order valence-electron chi connectivity index (χ2n) is 4.07. The molecule has 0 fully saturated rings. The smallest absolute Gasteiger partial charge is 0.165 e. The third kappa shape index (κ3) is 1.54. The minimum Gasteiger partial charge on any atom is -0.382 e. The molecule has 0 bridgehead atoms. The fourth-order valence-corrected chi connectivity index (χ4v) is 1.49. The van der Waals surface area contributed by atoms with Crippen molar-refractivity contribution < 1.29 is 0 Å². The van der Waals surface area contributed by atoms with Crippen molar-refractivity contribution >= 4 is 17.0 Å². The Labute approximate surface area is 88.4 Å². The highest BCUT2D eigenvalue weighted by molar-refractivity contribution is 5.81. The predicted octanol–water partition coefficient (Wildman–Crippen LogP) is 1.63. The number of hydrogen-bond acceptors (Lipinski definition) is 4. The fourth-order valence-electron chi connectivity index (χ4n) is 1.49. The van der Waals surface area contributed by atoms with Crippen LogP contribution < -0.4 is 5.73 Å². The van der Waals surface area contributed by atoms with Crippen LogP contribution in [0.1, 0.15) is 26.8 Å². The Bertz CT molecular complexity index is 474. The van der Waals surface area contributed by atoms with E-state index in [4.69, 9.17) is 5.73 Å². The summed E-state index contributed by atoms with van der Waals surface area (Å²) in [4.78, 5) is 12.4. The number of imidazole rings is 1. The first-order chi connectivity index (χ1) is 7.11. The summed E-state index contributed by atoms with van der Waals surface area (Å²) in [5, 5.41) is 0. The largest absolute Gasteiger partial charge is 0.382 e. The molecule has 15 heavy (non-hydrogen) atoms. The molecule has 0 aromatic carbocycles. The Morgan fingerprint density at radius 3 is 2.60 bits per heavy atom. The zero-order chi connectivity index (χ0) is 11.0. The molecule has 0 unspecified atom stereocenters. The van der Waals surface area contributed by atoms with Crippen LogP contribution >= 0.6 is 0 Å². The fraction of sp³-hybridized carbons (Fsp3) is 0.500. The lowest BCUT2D eigenvalue weighted by Gasteiger charge is -2.17. The van der Waals surface area contributed by atoms with Gasteiger partial charge in [-0.2, -0.15) is 0 Å². The van der Waals surface area contributed by atoms with Crippen LogP contribution in [0.25, 0.3) is 11.2 Å². The first-order valence-corrected chi connectivity index (χ1v) is 5.04. The molecule has 2 rings (SSSR count). The Hall–Kier alpha value is -1.65. The molecule has 5 heteroatoms. The second-order valence-corrected chi connectivity index (χ2v) is 4.07. The molecule has 0 amide bonds. The van der Waals surface area contributed by atoms with Crippen molar-refractivity contribution in [1.29, 1.82) is 0 Å². The van der Waals surface area contributed by atoms with Crippen molar-refractivity contribution in [3.05, 3.63) is 12.7 Å². The van der Waals surface area contributed by atoms with E-state index in [0.29, 0.717) is 23.3 Å². The molecule has 2 heterocycles. The average Bonchev–Trinajstić information content (AvgIpc) is 2.61. The highest BCUT2D eigenvalue weighted by atomic mass is 15.1. The van der Waals surface area contributed by atoms with Gasteiger partial charge in [0.1, 0.15) is 11.8 Å². The van der Waals surface area contributed by atoms with E-state index in [-0.39, 0.29) is 0 Å². The van der Waals surface area contributed by atoms with E-state index in [2.05, 4.69) is 35.7 Å². The summed E-state index contributed by atoms with van der Waals surface area (Å²) in [6.45, 7) is 6.48. The zero-order valence-electron chi connectivity index (χ0n) is 9.18. The van der Waals surface area contributed by atoms with Crippen LogP contribution in [-0.4, -0.2) is 19.5 Å². The highest BCUT2D eigenvalue weighted by Gasteiger charge is 2.14. The summed E-state index contributed by atoms with van der Waals surface area (Å²) in [7, 11) is 0. The molecule has 0 radical (unpaired) electrons. The molecule has 2 aromatic heterocycles. The number of anilines is 1. The first-order valence-electron chi connectivity index (χ1n) is 5.04. The van der Waals surface area contributed by atoms with E-state index >= 15 is 0 Å². The minimum atomic E-state index is 0.351. The summed E-state index contributed by atoms with van der Waals surface area (Å²) >= 11 is 0. The third-order valence-electron chi connectivity index (χ3n) is 2.79. The molecule has 2 aromatic rings. The van der Waals surface area contributed by atoms with Crippen molar-refractivity contribution in [3.8, 4) is 0 Å². The van der Waals surface area contributed by atoms with Gasteiger partial charge in [-0.25, -0.2) is 15.0 Å². The molecule has 0 saturated carbocycles. The van der Waals surface area contributed by atoms with E-state index in [0.717, 1.165) is 5.65 Å². The van der Waals surface area contributed by atoms with Crippen LogP contribution in [0.3, 0.4) is 0 Å². The van der Waals surface area contributed by atoms with Gasteiger partial charge in [-0.1, -0.05) is 13.8 Å². The van der Waals surface area contributed by atoms with Gasteiger partial charge in [0.05, 0.1) is 6.33 Å². The van der Waals surface area contributed by atoms with E-state index in [1.807, 2.05) is 4.57 Å². The Morgan fingerprint density at radius 2 is 1.93 bits per heavy atom. The molecule has 0 aliphatic heterocycles. The van der Waals surface area contributed by atoms with Crippen molar-refractivity contribution in [3.63, 3.8) is 0 Å². The topological polar surface area (TPSA) is 69.6 Å². The summed E-state index contributed by atoms with van der Waals surface area (Å²) in [5.74, 6) is 0.966. The van der Waals surface area contributed by atoms with Gasteiger partial charge in [0.25, 0.3) is 0 Å².